The lowest BCUT2D eigenvalue weighted by molar-refractivity contribution is 0.120. The molecule has 174 valence electrons. The van der Waals surface area contributed by atoms with Crippen molar-refractivity contribution in [3.8, 4) is 0 Å². The van der Waals surface area contributed by atoms with Crippen molar-refractivity contribution in [2.24, 2.45) is 0 Å². The van der Waals surface area contributed by atoms with Crippen LogP contribution in [-0.2, 0) is 4.74 Å². The first-order valence-electron chi connectivity index (χ1n) is 12.1. The van der Waals surface area contributed by atoms with Crippen LogP contribution in [0.15, 0.2) is 36.4 Å². The van der Waals surface area contributed by atoms with E-state index in [0.29, 0.717) is 0 Å². The highest BCUT2D eigenvalue weighted by Gasteiger charge is 2.17. The third-order valence-corrected chi connectivity index (χ3v) is 7.88. The van der Waals surface area contributed by atoms with E-state index >= 15 is 0 Å². The zero-order chi connectivity index (χ0) is 24.3. The highest BCUT2D eigenvalue weighted by Crippen LogP contribution is 2.36. The van der Waals surface area contributed by atoms with Crippen LogP contribution in [0.5, 0.6) is 0 Å². The summed E-state index contributed by atoms with van der Waals surface area (Å²) in [5, 5.41) is 0. The van der Waals surface area contributed by atoms with E-state index in [9.17, 15) is 0 Å². The van der Waals surface area contributed by atoms with Gasteiger partial charge in [0.25, 0.3) is 0 Å². The lowest BCUT2D eigenvalue weighted by atomic mass is 10.0. The fourth-order valence-electron chi connectivity index (χ4n) is 5.24. The number of H-pyrrole nitrogens is 2. The van der Waals surface area contributed by atoms with Gasteiger partial charge in [-0.2, -0.15) is 0 Å². The molecule has 0 aliphatic heterocycles. The van der Waals surface area contributed by atoms with Crippen molar-refractivity contribution in [2.75, 3.05) is 7.11 Å². The van der Waals surface area contributed by atoms with Gasteiger partial charge in [-0.05, 0) is 141 Å². The molecule has 2 aliphatic carbocycles. The Hall–Kier alpha value is -3.30. The van der Waals surface area contributed by atoms with Gasteiger partial charge in [0.05, 0.1) is 6.10 Å². The zero-order valence-electron chi connectivity index (χ0n) is 21.5. The number of rotatable bonds is 2. The summed E-state index contributed by atoms with van der Waals surface area (Å²) in [6.07, 6.45) is 2.27. The Morgan fingerprint density at radius 2 is 1.15 bits per heavy atom. The third kappa shape index (κ3) is 3.56. The van der Waals surface area contributed by atoms with Gasteiger partial charge in [-0.3, -0.25) is 0 Å². The quantitative estimate of drug-likeness (QED) is 0.403. The number of aryl methyl sites for hydroxylation is 3. The summed E-state index contributed by atoms with van der Waals surface area (Å²) >= 11 is 0. The van der Waals surface area contributed by atoms with Gasteiger partial charge < -0.3 is 14.7 Å². The number of fused-ring (bicyclic) bond motifs is 8. The molecule has 3 nitrogen and oxygen atoms in total. The predicted octanol–water partition coefficient (Wildman–Crippen LogP) is 8.67. The molecule has 0 fully saturated rings. The molecule has 3 heteroatoms. The maximum absolute atomic E-state index is 5.78. The van der Waals surface area contributed by atoms with Crippen LogP contribution in [-0.4, -0.2) is 17.1 Å². The molecule has 3 heterocycles. The average molecular weight is 451 g/mol. The zero-order valence-corrected chi connectivity index (χ0v) is 21.5. The minimum absolute atomic E-state index is 0.00192. The molecule has 0 saturated heterocycles. The van der Waals surface area contributed by atoms with Crippen LogP contribution in [0.4, 0.5) is 0 Å². The normalized spacial score (nSPS) is 14.5. The molecule has 1 atom stereocenters. The number of hydrogen-bond acceptors (Lipinski definition) is 1. The number of aromatic nitrogens is 2. The summed E-state index contributed by atoms with van der Waals surface area (Å²) in [5.41, 5.74) is 18.5. The topological polar surface area (TPSA) is 40.8 Å². The standard InChI is InChI=1S/C31H34N2O/c1-16-9-23-10-24(16)13-30-31(22(7)34-8)21(6)29(33-30)15-26-12-25(17(2)18(26)3)14-28-20(5)19(4)27(11-23)32-28/h9-15,22,32-33H,1-8H3. The van der Waals surface area contributed by atoms with E-state index < -0.39 is 0 Å². The molecular weight excluding hydrogens is 416 g/mol. The first kappa shape index (κ1) is 22.5. The Morgan fingerprint density at radius 1 is 0.618 bits per heavy atom. The first-order valence-corrected chi connectivity index (χ1v) is 12.1. The second kappa shape index (κ2) is 8.18. The summed E-state index contributed by atoms with van der Waals surface area (Å²) in [4.78, 5) is 7.40. The van der Waals surface area contributed by atoms with Crippen LogP contribution < -0.4 is 0 Å². The van der Waals surface area contributed by atoms with Gasteiger partial charge in [-0.25, -0.2) is 0 Å². The number of hydrogen-bond donors (Lipinski definition) is 2. The molecule has 0 amide bonds. The monoisotopic (exact) mass is 450 g/mol. The Labute approximate surface area is 202 Å². The van der Waals surface area contributed by atoms with E-state index in [0.717, 1.165) is 11.0 Å². The number of aromatic amines is 2. The Morgan fingerprint density at radius 3 is 1.76 bits per heavy atom. The van der Waals surface area contributed by atoms with Crippen molar-refractivity contribution in [1.29, 1.82) is 0 Å². The van der Waals surface area contributed by atoms with Crippen molar-refractivity contribution in [3.63, 3.8) is 0 Å². The molecule has 0 aromatic carbocycles. The van der Waals surface area contributed by atoms with Crippen LogP contribution in [0.2, 0.25) is 0 Å². The third-order valence-electron chi connectivity index (χ3n) is 7.88. The Balaban J connectivity index is 1.97. The molecule has 1 unspecified atom stereocenters. The molecule has 34 heavy (non-hydrogen) atoms. The van der Waals surface area contributed by atoms with E-state index in [4.69, 9.17) is 4.74 Å². The number of methoxy groups -OCH3 is 1. The van der Waals surface area contributed by atoms with Crippen molar-refractivity contribution < 1.29 is 4.74 Å². The largest absolute Gasteiger partial charge is 0.377 e. The highest BCUT2D eigenvalue weighted by atomic mass is 16.5. The Kier molecular flexibility index (Phi) is 5.41. The van der Waals surface area contributed by atoms with Gasteiger partial charge in [0, 0.05) is 34.7 Å². The number of nitrogens with one attached hydrogen (secondary N) is 2. The van der Waals surface area contributed by atoms with E-state index in [1.165, 1.54) is 72.3 Å². The van der Waals surface area contributed by atoms with Crippen LogP contribution >= 0.6 is 0 Å². The maximum atomic E-state index is 5.78. The number of allylic oxidation sites excluding steroid dienone is 3. The minimum atomic E-state index is 0.00192. The van der Waals surface area contributed by atoms with E-state index in [1.54, 1.807) is 7.11 Å². The molecule has 3 aromatic rings. The fraction of sp³-hybridized carbons (Fsp3) is 0.290. The summed E-state index contributed by atoms with van der Waals surface area (Å²) in [7, 11) is 1.78. The van der Waals surface area contributed by atoms with E-state index in [1.807, 2.05) is 0 Å². The van der Waals surface area contributed by atoms with E-state index in [2.05, 4.69) is 101 Å². The smallest absolute Gasteiger partial charge is 0.0816 e. The predicted molar refractivity (Wildman–Crippen MR) is 147 cm³/mol. The molecule has 2 aliphatic rings. The van der Waals surface area contributed by atoms with Gasteiger partial charge in [0.2, 0.25) is 0 Å². The van der Waals surface area contributed by atoms with Crippen LogP contribution in [0.1, 0.15) is 78.3 Å². The molecule has 0 saturated carbocycles. The first-order chi connectivity index (χ1) is 16.2. The molecular formula is C31H34N2O. The van der Waals surface area contributed by atoms with Crippen molar-refractivity contribution in [1.82, 2.24) is 9.97 Å². The second-order valence-electron chi connectivity index (χ2n) is 9.88. The van der Waals surface area contributed by atoms with Gasteiger partial charge in [-0.1, -0.05) is 6.08 Å². The van der Waals surface area contributed by atoms with Crippen LogP contribution in [0.25, 0.3) is 44.9 Å². The molecule has 8 bridgehead atoms. The average Bonchev–Trinajstić information content (AvgIpc) is 3.46. The molecule has 0 spiro atoms. The second-order valence-corrected chi connectivity index (χ2v) is 9.88. The molecule has 3 aromatic heterocycles. The molecule has 2 N–H and O–H groups in total. The molecule has 0 radical (unpaired) electrons. The Bertz CT molecular complexity index is 1560. The van der Waals surface area contributed by atoms with Crippen molar-refractivity contribution >= 4 is 44.9 Å². The van der Waals surface area contributed by atoms with Crippen LogP contribution in [0.3, 0.4) is 0 Å². The SMILES string of the molecule is COC(C)c1c(C)c2cc3cc(cc4[nH]c(cc5cc(cc1[nH]2)C(C)=C5)c(C)c4C)C(C)=C3C. The summed E-state index contributed by atoms with van der Waals surface area (Å²) in [6.45, 7) is 15.3. The fourth-order valence-corrected chi connectivity index (χ4v) is 5.24. The lowest BCUT2D eigenvalue weighted by Crippen LogP contribution is -1.96. The molecule has 5 rings (SSSR count). The van der Waals surface area contributed by atoms with Gasteiger partial charge in [0.15, 0.2) is 0 Å². The highest BCUT2D eigenvalue weighted by molar-refractivity contribution is 5.96. The van der Waals surface area contributed by atoms with Gasteiger partial charge >= 0.3 is 0 Å². The summed E-state index contributed by atoms with van der Waals surface area (Å²) < 4.78 is 5.78. The maximum Gasteiger partial charge on any atom is 0.0816 e. The van der Waals surface area contributed by atoms with Crippen LogP contribution in [0, 0.1) is 20.8 Å². The lowest BCUT2D eigenvalue weighted by Gasteiger charge is -2.09. The van der Waals surface area contributed by atoms with Crippen molar-refractivity contribution in [3.05, 3.63) is 80.9 Å². The number of ether oxygens (including phenoxy) is 1. The van der Waals surface area contributed by atoms with E-state index in [-0.39, 0.29) is 6.10 Å². The summed E-state index contributed by atoms with van der Waals surface area (Å²) in [5.74, 6) is 0. The van der Waals surface area contributed by atoms with Gasteiger partial charge in [0.1, 0.15) is 0 Å². The van der Waals surface area contributed by atoms with Gasteiger partial charge in [-0.15, -0.1) is 0 Å². The van der Waals surface area contributed by atoms with Crippen molar-refractivity contribution in [2.45, 2.75) is 54.6 Å². The summed E-state index contributed by atoms with van der Waals surface area (Å²) in [6, 6.07) is 13.7. The minimum Gasteiger partial charge on any atom is -0.377 e.